The number of aryl methyl sites for hydroxylation is 1. The van der Waals surface area contributed by atoms with Crippen LogP contribution in [-0.2, 0) is 4.74 Å². The fourth-order valence-corrected chi connectivity index (χ4v) is 2.26. The van der Waals surface area contributed by atoms with Gasteiger partial charge in [-0.2, -0.15) is 5.10 Å². The quantitative estimate of drug-likeness (QED) is 0.867. The number of nitrogens with zero attached hydrogens (tertiary/aromatic N) is 2. The van der Waals surface area contributed by atoms with Crippen molar-refractivity contribution in [3.8, 4) is 0 Å². The van der Waals surface area contributed by atoms with Gasteiger partial charge in [0.2, 0.25) is 0 Å². The van der Waals surface area contributed by atoms with Gasteiger partial charge < -0.3 is 9.64 Å². The Bertz CT molecular complexity index is 536. The molecular formula is C15H20ClN3O2. The fourth-order valence-electron chi connectivity index (χ4n) is 2.08. The number of ether oxygens (including phenoxy) is 1. The van der Waals surface area contributed by atoms with E-state index in [-0.39, 0.29) is 6.09 Å². The lowest BCUT2D eigenvalue weighted by molar-refractivity contribution is 0.107. The zero-order valence-electron chi connectivity index (χ0n) is 12.4. The first-order valence-electron chi connectivity index (χ1n) is 7.09. The molecule has 0 aromatic heterocycles. The molecule has 0 radical (unpaired) electrons. The SMILES string of the molecule is CCOC(=O)N1CCC(=NNc2ccc(C)c(Cl)c2)CC1. The summed E-state index contributed by atoms with van der Waals surface area (Å²) in [5, 5.41) is 5.11. The summed E-state index contributed by atoms with van der Waals surface area (Å²) in [6.45, 7) is 5.47. The average Bonchev–Trinajstić information content (AvgIpc) is 2.49. The normalized spacial score (nSPS) is 14.8. The highest BCUT2D eigenvalue weighted by atomic mass is 35.5. The van der Waals surface area contributed by atoms with Crippen LogP contribution in [0.5, 0.6) is 0 Å². The van der Waals surface area contributed by atoms with Crippen LogP contribution in [-0.4, -0.2) is 36.4 Å². The second-order valence-electron chi connectivity index (χ2n) is 4.94. The van der Waals surface area contributed by atoms with Crippen LogP contribution in [0.2, 0.25) is 5.02 Å². The smallest absolute Gasteiger partial charge is 0.409 e. The van der Waals surface area contributed by atoms with Gasteiger partial charge in [-0.25, -0.2) is 4.79 Å². The highest BCUT2D eigenvalue weighted by Crippen LogP contribution is 2.20. The van der Waals surface area contributed by atoms with Gasteiger partial charge in [-0.05, 0) is 31.5 Å². The average molecular weight is 310 g/mol. The van der Waals surface area contributed by atoms with Crippen molar-refractivity contribution in [2.75, 3.05) is 25.1 Å². The van der Waals surface area contributed by atoms with Crippen molar-refractivity contribution in [3.63, 3.8) is 0 Å². The summed E-state index contributed by atoms with van der Waals surface area (Å²) in [5.41, 5.74) is 5.97. The molecule has 1 amide bonds. The molecule has 0 unspecified atom stereocenters. The summed E-state index contributed by atoms with van der Waals surface area (Å²) in [6.07, 6.45) is 1.27. The Kier molecular flexibility index (Phi) is 5.44. The van der Waals surface area contributed by atoms with Crippen LogP contribution in [0.1, 0.15) is 25.3 Å². The topological polar surface area (TPSA) is 53.9 Å². The Hall–Kier alpha value is -1.75. The van der Waals surface area contributed by atoms with Gasteiger partial charge in [0.15, 0.2) is 0 Å². The fraction of sp³-hybridized carbons (Fsp3) is 0.467. The van der Waals surface area contributed by atoms with E-state index in [1.165, 1.54) is 0 Å². The molecule has 114 valence electrons. The summed E-state index contributed by atoms with van der Waals surface area (Å²) in [4.78, 5) is 13.3. The molecule has 1 N–H and O–H groups in total. The Morgan fingerprint density at radius 3 is 2.76 bits per heavy atom. The molecule has 1 aliphatic heterocycles. The summed E-state index contributed by atoms with van der Waals surface area (Å²) in [6, 6.07) is 5.75. The van der Waals surface area contributed by atoms with Crippen molar-refractivity contribution in [3.05, 3.63) is 28.8 Å². The number of piperidine rings is 1. The number of carbonyl (C=O) groups is 1. The van der Waals surface area contributed by atoms with Gasteiger partial charge >= 0.3 is 6.09 Å². The minimum atomic E-state index is -0.241. The number of nitrogens with one attached hydrogen (secondary N) is 1. The minimum absolute atomic E-state index is 0.241. The molecule has 1 heterocycles. The molecular weight excluding hydrogens is 290 g/mol. The van der Waals surface area contributed by atoms with Gasteiger partial charge in [0.05, 0.1) is 12.3 Å². The maximum atomic E-state index is 11.6. The molecule has 0 atom stereocenters. The van der Waals surface area contributed by atoms with E-state index in [1.54, 1.807) is 4.90 Å². The Morgan fingerprint density at radius 2 is 2.14 bits per heavy atom. The summed E-state index contributed by atoms with van der Waals surface area (Å²) in [5.74, 6) is 0. The third-order valence-corrected chi connectivity index (χ3v) is 3.79. The van der Waals surface area contributed by atoms with Gasteiger partial charge in [0, 0.05) is 36.7 Å². The number of halogens is 1. The van der Waals surface area contributed by atoms with Crippen molar-refractivity contribution in [1.82, 2.24) is 4.90 Å². The number of hydrogen-bond donors (Lipinski definition) is 1. The Morgan fingerprint density at radius 1 is 1.43 bits per heavy atom. The van der Waals surface area contributed by atoms with Crippen LogP contribution in [0.3, 0.4) is 0 Å². The largest absolute Gasteiger partial charge is 0.450 e. The summed E-state index contributed by atoms with van der Waals surface area (Å²) < 4.78 is 4.99. The Balaban J connectivity index is 1.87. The lowest BCUT2D eigenvalue weighted by Gasteiger charge is -2.26. The molecule has 21 heavy (non-hydrogen) atoms. The number of likely N-dealkylation sites (tertiary alicyclic amines) is 1. The first kappa shape index (κ1) is 15.6. The zero-order valence-corrected chi connectivity index (χ0v) is 13.1. The molecule has 6 heteroatoms. The third-order valence-electron chi connectivity index (χ3n) is 3.38. The van der Waals surface area contributed by atoms with Crippen LogP contribution in [0, 0.1) is 6.92 Å². The molecule has 5 nitrogen and oxygen atoms in total. The molecule has 1 saturated heterocycles. The molecule has 1 aromatic rings. The van der Waals surface area contributed by atoms with Crippen molar-refractivity contribution in [1.29, 1.82) is 0 Å². The third kappa shape index (κ3) is 4.36. The van der Waals surface area contributed by atoms with Gasteiger partial charge in [0.25, 0.3) is 0 Å². The molecule has 1 fully saturated rings. The van der Waals surface area contributed by atoms with E-state index >= 15 is 0 Å². The highest BCUT2D eigenvalue weighted by molar-refractivity contribution is 6.31. The van der Waals surface area contributed by atoms with Gasteiger partial charge in [0.1, 0.15) is 0 Å². The molecule has 1 aliphatic rings. The van der Waals surface area contributed by atoms with Crippen molar-refractivity contribution in [2.45, 2.75) is 26.7 Å². The minimum Gasteiger partial charge on any atom is -0.450 e. The van der Waals surface area contributed by atoms with E-state index in [1.807, 2.05) is 32.0 Å². The van der Waals surface area contributed by atoms with Crippen LogP contribution in [0.25, 0.3) is 0 Å². The predicted molar refractivity (Wildman–Crippen MR) is 85.1 cm³/mol. The number of amides is 1. The van der Waals surface area contributed by atoms with Crippen molar-refractivity contribution < 1.29 is 9.53 Å². The number of benzene rings is 1. The number of hydrogen-bond acceptors (Lipinski definition) is 4. The first-order valence-corrected chi connectivity index (χ1v) is 7.47. The monoisotopic (exact) mass is 309 g/mol. The van der Waals surface area contributed by atoms with Crippen LogP contribution < -0.4 is 5.43 Å². The first-order chi connectivity index (χ1) is 10.1. The van der Waals surface area contributed by atoms with E-state index in [2.05, 4.69) is 10.5 Å². The number of carbonyl (C=O) groups excluding carboxylic acids is 1. The molecule has 0 saturated carbocycles. The standard InChI is InChI=1S/C15H20ClN3O2/c1-3-21-15(20)19-8-6-12(7-9-19)17-18-13-5-4-11(2)14(16)10-13/h4-5,10,18H,3,6-9H2,1-2H3. The lowest BCUT2D eigenvalue weighted by Crippen LogP contribution is -2.39. The van der Waals surface area contributed by atoms with E-state index in [4.69, 9.17) is 16.3 Å². The predicted octanol–water partition coefficient (Wildman–Crippen LogP) is 3.67. The second-order valence-corrected chi connectivity index (χ2v) is 5.35. The molecule has 0 bridgehead atoms. The molecule has 0 spiro atoms. The maximum absolute atomic E-state index is 11.6. The van der Waals surface area contributed by atoms with Crippen LogP contribution >= 0.6 is 11.6 Å². The van der Waals surface area contributed by atoms with Crippen LogP contribution in [0.4, 0.5) is 10.5 Å². The number of hydrazone groups is 1. The van der Waals surface area contributed by atoms with Gasteiger partial charge in [-0.1, -0.05) is 17.7 Å². The number of rotatable bonds is 3. The lowest BCUT2D eigenvalue weighted by atomic mass is 10.1. The maximum Gasteiger partial charge on any atom is 0.409 e. The summed E-state index contributed by atoms with van der Waals surface area (Å²) in [7, 11) is 0. The van der Waals surface area contributed by atoms with Gasteiger partial charge in [-0.15, -0.1) is 0 Å². The number of anilines is 1. The molecule has 1 aromatic carbocycles. The van der Waals surface area contributed by atoms with E-state index in [0.29, 0.717) is 19.7 Å². The van der Waals surface area contributed by atoms with Crippen molar-refractivity contribution >= 4 is 29.1 Å². The Labute approximate surface area is 129 Å². The molecule has 2 rings (SSSR count). The zero-order chi connectivity index (χ0) is 15.2. The van der Waals surface area contributed by atoms with E-state index in [0.717, 1.165) is 34.8 Å². The van der Waals surface area contributed by atoms with Crippen LogP contribution in [0.15, 0.2) is 23.3 Å². The molecule has 0 aliphatic carbocycles. The van der Waals surface area contributed by atoms with Gasteiger partial charge in [-0.3, -0.25) is 5.43 Å². The van der Waals surface area contributed by atoms with E-state index < -0.39 is 0 Å². The van der Waals surface area contributed by atoms with Crippen molar-refractivity contribution in [2.24, 2.45) is 5.10 Å². The van der Waals surface area contributed by atoms with E-state index in [9.17, 15) is 4.79 Å². The second kappa shape index (κ2) is 7.31. The highest BCUT2D eigenvalue weighted by Gasteiger charge is 2.20. The summed E-state index contributed by atoms with van der Waals surface area (Å²) >= 11 is 6.07.